The first-order chi connectivity index (χ1) is 17.2. The lowest BCUT2D eigenvalue weighted by Gasteiger charge is -2.41. The van der Waals surface area contributed by atoms with Crippen LogP contribution in [-0.4, -0.2) is 84.1 Å². The summed E-state index contributed by atoms with van der Waals surface area (Å²) in [6.07, 6.45) is -2.44. The van der Waals surface area contributed by atoms with Gasteiger partial charge in [-0.1, -0.05) is 12.1 Å². The number of urea groups is 1. The largest absolute Gasteiger partial charge is 0.573 e. The zero-order valence-corrected chi connectivity index (χ0v) is 19.9. The van der Waals surface area contributed by atoms with Gasteiger partial charge in [0.15, 0.2) is 0 Å². The van der Waals surface area contributed by atoms with Crippen LogP contribution >= 0.6 is 0 Å². The molecule has 4 rings (SSSR count). The summed E-state index contributed by atoms with van der Waals surface area (Å²) in [7, 11) is 0. The van der Waals surface area contributed by atoms with E-state index in [1.807, 2.05) is 0 Å². The predicted octanol–water partition coefficient (Wildman–Crippen LogP) is 3.44. The molecule has 0 aliphatic carbocycles. The molecule has 2 aliphatic rings. The van der Waals surface area contributed by atoms with Gasteiger partial charge in [-0.25, -0.2) is 9.78 Å². The van der Waals surface area contributed by atoms with Gasteiger partial charge in [0, 0.05) is 49.9 Å². The van der Waals surface area contributed by atoms with E-state index in [4.69, 9.17) is 9.47 Å². The fourth-order valence-electron chi connectivity index (χ4n) is 4.64. The normalized spacial score (nSPS) is 20.8. The molecule has 1 aromatic carbocycles. The van der Waals surface area contributed by atoms with Crippen LogP contribution in [0.2, 0.25) is 0 Å². The van der Waals surface area contributed by atoms with Crippen molar-refractivity contribution in [3.8, 4) is 5.75 Å². The summed E-state index contributed by atoms with van der Waals surface area (Å²) in [6, 6.07) is 5.67. The van der Waals surface area contributed by atoms with Gasteiger partial charge in [-0.05, 0) is 31.0 Å². The minimum absolute atomic E-state index is 0.0150. The van der Waals surface area contributed by atoms with E-state index in [0.717, 1.165) is 11.3 Å². The molecule has 0 saturated carbocycles. The molecule has 0 radical (unpaired) electrons. The monoisotopic (exact) mass is 510 g/mol. The quantitative estimate of drug-likeness (QED) is 0.598. The number of aromatic amines is 1. The van der Waals surface area contributed by atoms with Gasteiger partial charge in [0.05, 0.1) is 19.8 Å². The van der Waals surface area contributed by atoms with Crippen molar-refractivity contribution in [3.63, 3.8) is 0 Å². The van der Waals surface area contributed by atoms with Gasteiger partial charge in [0.1, 0.15) is 18.0 Å². The fraction of sp³-hybridized carbons (Fsp3) is 0.542. The predicted molar refractivity (Wildman–Crippen MR) is 122 cm³/mol. The lowest BCUT2D eigenvalue weighted by molar-refractivity contribution is -0.274. The lowest BCUT2D eigenvalue weighted by atomic mass is 9.83. The van der Waals surface area contributed by atoms with E-state index in [0.29, 0.717) is 51.6 Å². The molecule has 1 aromatic heterocycles. The molecule has 2 aromatic rings. The molecule has 1 N–H and O–H groups in total. The van der Waals surface area contributed by atoms with Crippen LogP contribution in [0.5, 0.6) is 5.75 Å². The Morgan fingerprint density at radius 1 is 1.11 bits per heavy atom. The number of nitrogens with one attached hydrogen (secondary N) is 1. The first kappa shape index (κ1) is 25.8. The van der Waals surface area contributed by atoms with Crippen LogP contribution in [-0.2, 0) is 20.7 Å². The SMILES string of the molecule is CCOC(=O)Cc1ncc(C2CC(c3ccc(OC(F)(F)F)cc3)CN(C(=O)N3CCOCC3)C2)[nH]1. The van der Waals surface area contributed by atoms with E-state index >= 15 is 0 Å². The number of ether oxygens (including phenoxy) is 3. The zero-order valence-electron chi connectivity index (χ0n) is 19.9. The van der Waals surface area contributed by atoms with Crippen molar-refractivity contribution in [1.29, 1.82) is 0 Å². The summed E-state index contributed by atoms with van der Waals surface area (Å²) < 4.78 is 52.0. The lowest BCUT2D eigenvalue weighted by Crippen LogP contribution is -2.52. The number of amides is 2. The summed E-state index contributed by atoms with van der Waals surface area (Å²) >= 11 is 0. The van der Waals surface area contributed by atoms with Crippen LogP contribution in [0.15, 0.2) is 30.5 Å². The molecular formula is C24H29F3N4O5. The Kier molecular flexibility index (Phi) is 8.02. The number of morpholine rings is 1. The number of aromatic nitrogens is 2. The van der Waals surface area contributed by atoms with E-state index in [9.17, 15) is 22.8 Å². The van der Waals surface area contributed by atoms with Gasteiger partial charge in [-0.15, -0.1) is 13.2 Å². The van der Waals surface area contributed by atoms with Crippen LogP contribution in [0.1, 0.15) is 42.3 Å². The number of H-pyrrole nitrogens is 1. The topological polar surface area (TPSA) is 97.0 Å². The Morgan fingerprint density at radius 2 is 1.81 bits per heavy atom. The molecule has 2 unspecified atom stereocenters. The maximum atomic E-state index is 13.3. The minimum atomic E-state index is -4.76. The van der Waals surface area contributed by atoms with Crippen LogP contribution in [0, 0.1) is 0 Å². The summed E-state index contributed by atoms with van der Waals surface area (Å²) in [5, 5.41) is 0. The maximum Gasteiger partial charge on any atom is 0.573 e. The molecule has 12 heteroatoms. The van der Waals surface area contributed by atoms with E-state index in [1.54, 1.807) is 35.1 Å². The third kappa shape index (κ3) is 6.68. The number of esters is 1. The fourth-order valence-corrected chi connectivity index (χ4v) is 4.64. The Morgan fingerprint density at radius 3 is 2.47 bits per heavy atom. The number of alkyl halides is 3. The van der Waals surface area contributed by atoms with Crippen molar-refractivity contribution >= 4 is 12.0 Å². The number of hydrogen-bond acceptors (Lipinski definition) is 6. The van der Waals surface area contributed by atoms with E-state index in [1.165, 1.54) is 12.1 Å². The number of hydrogen-bond donors (Lipinski definition) is 1. The van der Waals surface area contributed by atoms with Crippen molar-refractivity contribution < 1.29 is 37.0 Å². The van der Waals surface area contributed by atoms with Gasteiger partial charge in [0.25, 0.3) is 0 Å². The Labute approximate surface area is 206 Å². The smallest absolute Gasteiger partial charge is 0.466 e. The average molecular weight is 511 g/mol. The van der Waals surface area contributed by atoms with Crippen LogP contribution < -0.4 is 4.74 Å². The molecule has 2 atom stereocenters. The number of imidazole rings is 1. The minimum Gasteiger partial charge on any atom is -0.466 e. The van der Waals surface area contributed by atoms with Gasteiger partial charge in [-0.2, -0.15) is 0 Å². The van der Waals surface area contributed by atoms with Crippen LogP contribution in [0.3, 0.4) is 0 Å². The Hall–Kier alpha value is -3.28. The van der Waals surface area contributed by atoms with Gasteiger partial charge < -0.3 is 29.0 Å². The number of piperidine rings is 1. The van der Waals surface area contributed by atoms with E-state index in [-0.39, 0.29) is 42.6 Å². The van der Waals surface area contributed by atoms with Crippen molar-refractivity contribution in [1.82, 2.24) is 19.8 Å². The first-order valence-electron chi connectivity index (χ1n) is 11.9. The molecule has 196 valence electrons. The van der Waals surface area contributed by atoms with Gasteiger partial charge >= 0.3 is 18.4 Å². The molecule has 2 aliphatic heterocycles. The van der Waals surface area contributed by atoms with Crippen molar-refractivity contribution in [2.75, 3.05) is 46.0 Å². The number of rotatable bonds is 6. The number of halogens is 3. The van der Waals surface area contributed by atoms with E-state index < -0.39 is 6.36 Å². The number of nitrogens with zero attached hydrogens (tertiary/aromatic N) is 3. The summed E-state index contributed by atoms with van der Waals surface area (Å²) in [5.74, 6) is -0.429. The molecular weight excluding hydrogens is 481 g/mol. The molecule has 9 nitrogen and oxygen atoms in total. The molecule has 2 fully saturated rings. The average Bonchev–Trinajstić information content (AvgIpc) is 3.32. The van der Waals surface area contributed by atoms with Crippen molar-refractivity contribution in [2.24, 2.45) is 0 Å². The molecule has 36 heavy (non-hydrogen) atoms. The maximum absolute atomic E-state index is 13.3. The third-order valence-corrected chi connectivity index (χ3v) is 6.29. The van der Waals surface area contributed by atoms with Gasteiger partial charge in [-0.3, -0.25) is 4.79 Å². The van der Waals surface area contributed by atoms with E-state index in [2.05, 4.69) is 14.7 Å². The van der Waals surface area contributed by atoms with Crippen molar-refractivity contribution in [3.05, 3.63) is 47.5 Å². The van der Waals surface area contributed by atoms with Crippen LogP contribution in [0.25, 0.3) is 0 Å². The number of benzene rings is 1. The highest BCUT2D eigenvalue weighted by Gasteiger charge is 2.35. The summed E-state index contributed by atoms with van der Waals surface area (Å²) in [6.45, 7) is 4.84. The molecule has 2 saturated heterocycles. The number of carbonyl (C=O) groups excluding carboxylic acids is 2. The second-order valence-corrected chi connectivity index (χ2v) is 8.80. The first-order valence-corrected chi connectivity index (χ1v) is 11.9. The van der Waals surface area contributed by atoms with Gasteiger partial charge in [0.2, 0.25) is 0 Å². The highest BCUT2D eigenvalue weighted by molar-refractivity contribution is 5.75. The second-order valence-electron chi connectivity index (χ2n) is 8.80. The second kappa shape index (κ2) is 11.2. The molecule has 3 heterocycles. The highest BCUT2D eigenvalue weighted by atomic mass is 19.4. The molecule has 0 spiro atoms. The Balaban J connectivity index is 1.53. The highest BCUT2D eigenvalue weighted by Crippen LogP contribution is 2.36. The number of likely N-dealkylation sites (tertiary alicyclic amines) is 1. The zero-order chi connectivity index (χ0) is 25.7. The summed E-state index contributed by atoms with van der Waals surface area (Å²) in [4.78, 5) is 36.2. The molecule has 0 bridgehead atoms. The summed E-state index contributed by atoms with van der Waals surface area (Å²) in [5.41, 5.74) is 1.59. The molecule has 2 amide bonds. The van der Waals surface area contributed by atoms with Crippen molar-refractivity contribution in [2.45, 2.75) is 38.0 Å². The third-order valence-electron chi connectivity index (χ3n) is 6.29. The Bertz CT molecular complexity index is 1040. The number of carbonyl (C=O) groups is 2. The standard InChI is InChI=1S/C24H29F3N4O5/c1-2-35-22(32)12-21-28-13-20(29-21)18-11-17(16-3-5-19(6-4-16)36-24(25,26)27)14-31(15-18)23(33)30-7-9-34-10-8-30/h3-6,13,17-18H,2,7-12,14-15H2,1H3,(H,28,29). The van der Waals surface area contributed by atoms with Crippen LogP contribution in [0.4, 0.5) is 18.0 Å².